The predicted octanol–water partition coefficient (Wildman–Crippen LogP) is 6.27. The van der Waals surface area contributed by atoms with Crippen molar-refractivity contribution >= 4 is 56.5 Å². The second kappa shape index (κ2) is 9.11. The summed E-state index contributed by atoms with van der Waals surface area (Å²) in [5.74, 6) is -0.257. The van der Waals surface area contributed by atoms with Crippen LogP contribution in [0.2, 0.25) is 5.02 Å². The average Bonchev–Trinajstić information content (AvgIpc) is 2.90. The molecule has 0 bridgehead atoms. The summed E-state index contributed by atoms with van der Waals surface area (Å²) in [6.45, 7) is 2.54. The number of carbonyl (C=O) groups is 2. The summed E-state index contributed by atoms with van der Waals surface area (Å²) >= 11 is 10.3. The fourth-order valence-electron chi connectivity index (χ4n) is 2.57. The molecule has 1 aliphatic rings. The number of benzene rings is 2. The minimum Gasteiger partial charge on any atom is -0.493 e. The fourth-order valence-corrected chi connectivity index (χ4v) is 4.01. The van der Waals surface area contributed by atoms with E-state index in [0.29, 0.717) is 28.4 Å². The van der Waals surface area contributed by atoms with Gasteiger partial charge in [-0.1, -0.05) is 40.5 Å². The lowest BCUT2D eigenvalue weighted by molar-refractivity contribution is -0.123. The van der Waals surface area contributed by atoms with Crippen LogP contribution in [0.3, 0.4) is 0 Å². The molecule has 2 amide bonds. The highest BCUT2D eigenvalue weighted by Gasteiger charge is 2.35. The van der Waals surface area contributed by atoms with Crippen LogP contribution in [0, 0.1) is 5.82 Å². The van der Waals surface area contributed by atoms with Gasteiger partial charge in [-0.15, -0.1) is 0 Å². The minimum absolute atomic E-state index is 0.0151. The van der Waals surface area contributed by atoms with Crippen LogP contribution in [-0.2, 0) is 11.3 Å². The van der Waals surface area contributed by atoms with E-state index in [1.54, 1.807) is 6.08 Å². The summed E-state index contributed by atoms with van der Waals surface area (Å²) in [5.41, 5.74) is 1.20. The molecule has 0 unspecified atom stereocenters. The van der Waals surface area contributed by atoms with Crippen LogP contribution >= 0.6 is 39.3 Å². The van der Waals surface area contributed by atoms with Crippen molar-refractivity contribution in [3.8, 4) is 5.75 Å². The number of hydrogen-bond acceptors (Lipinski definition) is 4. The van der Waals surface area contributed by atoms with Gasteiger partial charge >= 0.3 is 0 Å². The Hall–Kier alpha value is -1.83. The molecule has 1 heterocycles. The molecule has 146 valence electrons. The first-order valence-corrected chi connectivity index (χ1v) is 10.5. The first kappa shape index (κ1) is 20.9. The maximum Gasteiger partial charge on any atom is 0.293 e. The molecule has 0 N–H and O–H groups in total. The van der Waals surface area contributed by atoms with E-state index in [-0.39, 0.29) is 11.6 Å². The quantitative estimate of drug-likeness (QED) is 0.454. The van der Waals surface area contributed by atoms with Crippen molar-refractivity contribution < 1.29 is 18.7 Å². The lowest BCUT2D eigenvalue weighted by Gasteiger charge is -2.13. The molecule has 1 saturated heterocycles. The number of carbonyl (C=O) groups excluding carboxylic acids is 2. The van der Waals surface area contributed by atoms with Gasteiger partial charge in [0, 0.05) is 15.1 Å². The predicted molar refractivity (Wildman–Crippen MR) is 113 cm³/mol. The largest absolute Gasteiger partial charge is 0.493 e. The lowest BCUT2D eigenvalue weighted by atomic mass is 10.1. The number of halogens is 3. The van der Waals surface area contributed by atoms with Crippen molar-refractivity contribution in [3.63, 3.8) is 0 Å². The Morgan fingerprint density at radius 2 is 2.04 bits per heavy atom. The van der Waals surface area contributed by atoms with E-state index in [2.05, 4.69) is 15.9 Å². The van der Waals surface area contributed by atoms with E-state index < -0.39 is 17.0 Å². The number of rotatable bonds is 6. The Labute approximate surface area is 179 Å². The summed E-state index contributed by atoms with van der Waals surface area (Å²) in [6, 6.07) is 9.36. The van der Waals surface area contributed by atoms with Crippen LogP contribution in [0.25, 0.3) is 6.08 Å². The molecule has 3 rings (SSSR count). The number of hydrogen-bond donors (Lipinski definition) is 0. The van der Waals surface area contributed by atoms with E-state index in [1.165, 1.54) is 12.1 Å². The van der Waals surface area contributed by atoms with Gasteiger partial charge in [-0.3, -0.25) is 14.5 Å². The molecule has 0 aliphatic carbocycles. The second-order valence-electron chi connectivity index (χ2n) is 6.03. The van der Waals surface area contributed by atoms with Gasteiger partial charge in [-0.05, 0) is 60.2 Å². The van der Waals surface area contributed by atoms with Crippen LogP contribution in [0.15, 0.2) is 45.8 Å². The van der Waals surface area contributed by atoms with Crippen molar-refractivity contribution in [2.75, 3.05) is 6.61 Å². The number of imide groups is 1. The highest BCUT2D eigenvalue weighted by molar-refractivity contribution is 9.10. The number of amides is 2. The molecular weight excluding hydrogens is 469 g/mol. The lowest BCUT2D eigenvalue weighted by Crippen LogP contribution is -2.27. The monoisotopic (exact) mass is 483 g/mol. The number of thioether (sulfide) groups is 1. The molecule has 0 saturated carbocycles. The SMILES string of the molecule is CCCOc1ccc(Br)cc1/C=C1/SC(=O)N(Cc2ccc(F)cc2Cl)C1=O. The molecule has 0 radical (unpaired) electrons. The van der Waals surface area contributed by atoms with Gasteiger partial charge in [-0.25, -0.2) is 4.39 Å². The molecule has 4 nitrogen and oxygen atoms in total. The minimum atomic E-state index is -0.475. The van der Waals surface area contributed by atoms with Crippen molar-refractivity contribution in [2.45, 2.75) is 19.9 Å². The van der Waals surface area contributed by atoms with Gasteiger partial charge in [0.1, 0.15) is 11.6 Å². The van der Waals surface area contributed by atoms with E-state index in [4.69, 9.17) is 16.3 Å². The first-order chi connectivity index (χ1) is 13.4. The molecule has 1 aliphatic heterocycles. The Balaban J connectivity index is 1.86. The van der Waals surface area contributed by atoms with Gasteiger partial charge in [0.2, 0.25) is 0 Å². The molecule has 8 heteroatoms. The van der Waals surface area contributed by atoms with E-state index in [1.807, 2.05) is 25.1 Å². The number of nitrogens with zero attached hydrogens (tertiary/aromatic N) is 1. The Bertz CT molecular complexity index is 966. The van der Waals surface area contributed by atoms with E-state index in [9.17, 15) is 14.0 Å². The maximum absolute atomic E-state index is 13.2. The summed E-state index contributed by atoms with van der Waals surface area (Å²) < 4.78 is 19.8. The normalized spacial score (nSPS) is 15.6. The third-order valence-corrected chi connectivity index (χ3v) is 5.69. The number of ether oxygens (including phenoxy) is 1. The summed E-state index contributed by atoms with van der Waals surface area (Å²) in [4.78, 5) is 26.5. The molecular formula is C20H16BrClFNO3S. The smallest absolute Gasteiger partial charge is 0.293 e. The summed E-state index contributed by atoms with van der Waals surface area (Å²) in [7, 11) is 0. The molecule has 2 aromatic carbocycles. The Morgan fingerprint density at radius 3 is 2.75 bits per heavy atom. The molecule has 0 spiro atoms. The third kappa shape index (κ3) is 4.77. The zero-order valence-corrected chi connectivity index (χ0v) is 18.0. The summed E-state index contributed by atoms with van der Waals surface area (Å²) in [5, 5.41) is -0.229. The molecule has 28 heavy (non-hydrogen) atoms. The zero-order valence-electron chi connectivity index (χ0n) is 14.9. The average molecular weight is 485 g/mol. The standard InChI is InChI=1S/C20H16BrClFNO3S/c1-2-7-27-17-6-4-14(21)8-13(17)9-18-19(25)24(20(26)28-18)11-12-3-5-15(23)10-16(12)22/h3-6,8-10H,2,7,11H2,1H3/b18-9+. The van der Waals surface area contributed by atoms with Crippen LogP contribution in [0.4, 0.5) is 9.18 Å². The zero-order chi connectivity index (χ0) is 20.3. The van der Waals surface area contributed by atoms with Crippen molar-refractivity contribution in [1.29, 1.82) is 0 Å². The maximum atomic E-state index is 13.2. The van der Waals surface area contributed by atoms with Gasteiger partial charge in [-0.2, -0.15) is 0 Å². The van der Waals surface area contributed by atoms with E-state index >= 15 is 0 Å². The van der Waals surface area contributed by atoms with Gasteiger partial charge < -0.3 is 4.74 Å². The second-order valence-corrected chi connectivity index (χ2v) is 8.35. The highest BCUT2D eigenvalue weighted by atomic mass is 79.9. The first-order valence-electron chi connectivity index (χ1n) is 8.50. The Morgan fingerprint density at radius 1 is 1.25 bits per heavy atom. The summed E-state index contributed by atoms with van der Waals surface area (Å²) in [6.07, 6.45) is 2.50. The highest BCUT2D eigenvalue weighted by Crippen LogP contribution is 2.36. The van der Waals surface area contributed by atoms with Crippen molar-refractivity contribution in [1.82, 2.24) is 4.90 Å². The topological polar surface area (TPSA) is 46.6 Å². The molecule has 0 atom stereocenters. The van der Waals surface area contributed by atoms with Crippen LogP contribution in [-0.4, -0.2) is 22.7 Å². The van der Waals surface area contributed by atoms with Crippen molar-refractivity contribution in [3.05, 3.63) is 67.7 Å². The van der Waals surface area contributed by atoms with Gasteiger partial charge in [0.05, 0.1) is 18.1 Å². The Kier molecular flexibility index (Phi) is 6.80. The fraction of sp³-hybridized carbons (Fsp3) is 0.200. The van der Waals surface area contributed by atoms with Gasteiger partial charge in [0.15, 0.2) is 0 Å². The van der Waals surface area contributed by atoms with E-state index in [0.717, 1.165) is 33.6 Å². The molecule has 0 aromatic heterocycles. The van der Waals surface area contributed by atoms with Crippen LogP contribution in [0.1, 0.15) is 24.5 Å². The molecule has 2 aromatic rings. The molecule has 1 fully saturated rings. The van der Waals surface area contributed by atoms with Crippen LogP contribution < -0.4 is 4.74 Å². The van der Waals surface area contributed by atoms with Crippen LogP contribution in [0.5, 0.6) is 5.75 Å². The van der Waals surface area contributed by atoms with Gasteiger partial charge in [0.25, 0.3) is 11.1 Å². The van der Waals surface area contributed by atoms with Crippen molar-refractivity contribution in [2.24, 2.45) is 0 Å². The third-order valence-electron chi connectivity index (χ3n) is 3.94.